The van der Waals surface area contributed by atoms with E-state index in [-0.39, 0.29) is 4.90 Å². The first-order chi connectivity index (χ1) is 14.7. The van der Waals surface area contributed by atoms with Crippen molar-refractivity contribution in [2.45, 2.75) is 30.7 Å². The van der Waals surface area contributed by atoms with Crippen molar-refractivity contribution in [3.8, 4) is 0 Å². The van der Waals surface area contributed by atoms with Crippen molar-refractivity contribution in [3.63, 3.8) is 0 Å². The normalized spacial score (nSPS) is 11.7. The number of halogens is 1. The van der Waals surface area contributed by atoms with Gasteiger partial charge in [0, 0.05) is 5.54 Å². The molecule has 162 valence electrons. The maximum Gasteiger partial charge on any atom is 0.264 e. The molecule has 3 aromatic carbocycles. The van der Waals surface area contributed by atoms with Gasteiger partial charge in [-0.15, -0.1) is 0 Å². The van der Waals surface area contributed by atoms with Gasteiger partial charge in [-0.2, -0.15) is 0 Å². The van der Waals surface area contributed by atoms with E-state index in [1.807, 2.05) is 44.2 Å². The van der Waals surface area contributed by atoms with Crippen molar-refractivity contribution in [1.82, 2.24) is 5.32 Å². The topological polar surface area (TPSA) is 66.5 Å². The number of benzene rings is 3. The lowest BCUT2D eigenvalue weighted by molar-refractivity contribution is -0.121. The number of sulfonamides is 1. The fraction of sp³-hybridized carbons (Fsp3) is 0.208. The Balaban J connectivity index is 1.83. The Labute approximate surface area is 182 Å². The SMILES string of the molecule is CC(C)(Cc1ccccc1)NC(=O)CN(c1ccccc1)S(=O)(=O)c1ccc(F)cc1. The van der Waals surface area contributed by atoms with Crippen molar-refractivity contribution in [2.24, 2.45) is 0 Å². The van der Waals surface area contributed by atoms with Crippen LogP contribution in [0.3, 0.4) is 0 Å². The molecule has 0 aromatic heterocycles. The quantitative estimate of drug-likeness (QED) is 0.572. The Bertz CT molecular complexity index is 1120. The number of nitrogens with zero attached hydrogens (tertiary/aromatic N) is 1. The fourth-order valence-electron chi connectivity index (χ4n) is 3.34. The average Bonchev–Trinajstić information content (AvgIpc) is 2.73. The van der Waals surface area contributed by atoms with Gasteiger partial charge in [-0.3, -0.25) is 9.10 Å². The third-order valence-electron chi connectivity index (χ3n) is 4.70. The lowest BCUT2D eigenvalue weighted by Crippen LogP contribution is -2.50. The summed E-state index contributed by atoms with van der Waals surface area (Å²) >= 11 is 0. The third-order valence-corrected chi connectivity index (χ3v) is 6.49. The molecule has 5 nitrogen and oxygen atoms in total. The highest BCUT2D eigenvalue weighted by atomic mass is 32.2. The third kappa shape index (κ3) is 5.92. The second-order valence-corrected chi connectivity index (χ2v) is 9.76. The maximum atomic E-state index is 13.3. The van der Waals surface area contributed by atoms with E-state index in [4.69, 9.17) is 0 Å². The van der Waals surface area contributed by atoms with Crippen LogP contribution < -0.4 is 9.62 Å². The van der Waals surface area contributed by atoms with Crippen LogP contribution in [-0.2, 0) is 21.2 Å². The van der Waals surface area contributed by atoms with E-state index in [1.165, 1.54) is 12.1 Å². The predicted octanol–water partition coefficient (Wildman–Crippen LogP) is 4.16. The highest BCUT2D eigenvalue weighted by Crippen LogP contribution is 2.24. The maximum absolute atomic E-state index is 13.3. The van der Waals surface area contributed by atoms with E-state index in [0.717, 1.165) is 22.0 Å². The highest BCUT2D eigenvalue weighted by Gasteiger charge is 2.29. The van der Waals surface area contributed by atoms with Gasteiger partial charge in [0.1, 0.15) is 12.4 Å². The van der Waals surface area contributed by atoms with Gasteiger partial charge in [-0.05, 0) is 62.2 Å². The molecule has 0 fully saturated rings. The van der Waals surface area contributed by atoms with Crippen LogP contribution in [0.5, 0.6) is 0 Å². The van der Waals surface area contributed by atoms with Gasteiger partial charge in [0.05, 0.1) is 10.6 Å². The summed E-state index contributed by atoms with van der Waals surface area (Å²) in [6.45, 7) is 3.38. The fourth-order valence-corrected chi connectivity index (χ4v) is 4.76. The van der Waals surface area contributed by atoms with E-state index < -0.39 is 33.8 Å². The molecule has 0 heterocycles. The van der Waals surface area contributed by atoms with Gasteiger partial charge >= 0.3 is 0 Å². The summed E-state index contributed by atoms with van der Waals surface area (Å²) in [6, 6.07) is 22.7. The van der Waals surface area contributed by atoms with Gasteiger partial charge in [-0.25, -0.2) is 12.8 Å². The van der Waals surface area contributed by atoms with E-state index in [9.17, 15) is 17.6 Å². The molecular weight excluding hydrogens is 415 g/mol. The molecule has 0 atom stereocenters. The number of carbonyl (C=O) groups excluding carboxylic acids is 1. The molecule has 0 bridgehead atoms. The molecule has 31 heavy (non-hydrogen) atoms. The molecule has 0 saturated heterocycles. The minimum Gasteiger partial charge on any atom is -0.349 e. The monoisotopic (exact) mass is 440 g/mol. The van der Waals surface area contributed by atoms with E-state index in [1.54, 1.807) is 30.3 Å². The minimum absolute atomic E-state index is 0.0888. The van der Waals surface area contributed by atoms with Crippen LogP contribution in [0, 0.1) is 5.82 Å². The number of hydrogen-bond donors (Lipinski definition) is 1. The molecule has 1 N–H and O–H groups in total. The van der Waals surface area contributed by atoms with Gasteiger partial charge in [-0.1, -0.05) is 48.5 Å². The van der Waals surface area contributed by atoms with E-state index in [2.05, 4.69) is 5.32 Å². The molecule has 3 aromatic rings. The van der Waals surface area contributed by atoms with Gasteiger partial charge < -0.3 is 5.32 Å². The number of rotatable bonds is 8. The molecule has 7 heteroatoms. The van der Waals surface area contributed by atoms with Crippen molar-refractivity contribution in [1.29, 1.82) is 0 Å². The first kappa shape index (κ1) is 22.5. The summed E-state index contributed by atoms with van der Waals surface area (Å²) in [4.78, 5) is 12.8. The van der Waals surface area contributed by atoms with Crippen LogP contribution >= 0.6 is 0 Å². The number of amides is 1. The van der Waals surface area contributed by atoms with E-state index >= 15 is 0 Å². The lowest BCUT2D eigenvalue weighted by Gasteiger charge is -2.29. The second-order valence-electron chi connectivity index (χ2n) is 7.90. The molecule has 0 aliphatic carbocycles. The summed E-state index contributed by atoms with van der Waals surface area (Å²) in [7, 11) is -4.07. The molecule has 0 unspecified atom stereocenters. The predicted molar refractivity (Wildman–Crippen MR) is 120 cm³/mol. The number of anilines is 1. The highest BCUT2D eigenvalue weighted by molar-refractivity contribution is 7.92. The largest absolute Gasteiger partial charge is 0.349 e. The summed E-state index contributed by atoms with van der Waals surface area (Å²) < 4.78 is 40.9. The van der Waals surface area contributed by atoms with Crippen molar-refractivity contribution in [2.75, 3.05) is 10.8 Å². The summed E-state index contributed by atoms with van der Waals surface area (Å²) in [5.74, 6) is -0.971. The first-order valence-corrected chi connectivity index (χ1v) is 11.3. The van der Waals surface area contributed by atoms with Crippen LogP contribution in [0.25, 0.3) is 0 Å². The number of hydrogen-bond acceptors (Lipinski definition) is 3. The molecule has 0 radical (unpaired) electrons. The number of para-hydroxylation sites is 1. The zero-order valence-corrected chi connectivity index (χ0v) is 18.3. The van der Waals surface area contributed by atoms with Gasteiger partial charge in [0.15, 0.2) is 0 Å². The molecule has 0 spiro atoms. The van der Waals surface area contributed by atoms with Crippen LogP contribution in [-0.4, -0.2) is 26.4 Å². The molecule has 1 amide bonds. The zero-order chi connectivity index (χ0) is 22.5. The number of nitrogens with one attached hydrogen (secondary N) is 1. The Kier molecular flexibility index (Phi) is 6.75. The van der Waals surface area contributed by atoms with Crippen LogP contribution in [0.2, 0.25) is 0 Å². The minimum atomic E-state index is -4.07. The second kappa shape index (κ2) is 9.31. The zero-order valence-electron chi connectivity index (χ0n) is 17.5. The Morgan fingerprint density at radius 2 is 1.45 bits per heavy atom. The van der Waals surface area contributed by atoms with Crippen LogP contribution in [0.4, 0.5) is 10.1 Å². The van der Waals surface area contributed by atoms with E-state index in [0.29, 0.717) is 12.1 Å². The van der Waals surface area contributed by atoms with Gasteiger partial charge in [0.25, 0.3) is 10.0 Å². The smallest absolute Gasteiger partial charge is 0.264 e. The van der Waals surface area contributed by atoms with Crippen molar-refractivity contribution >= 4 is 21.6 Å². The number of carbonyl (C=O) groups is 1. The Hall–Kier alpha value is -3.19. The Morgan fingerprint density at radius 3 is 2.03 bits per heavy atom. The van der Waals surface area contributed by atoms with Gasteiger partial charge in [0.2, 0.25) is 5.91 Å². The lowest BCUT2D eigenvalue weighted by atomic mass is 9.95. The van der Waals surface area contributed by atoms with Crippen LogP contribution in [0.15, 0.2) is 89.8 Å². The summed E-state index contributed by atoms with van der Waals surface area (Å²) in [5, 5.41) is 2.93. The molecule has 3 rings (SSSR count). The molecular formula is C24H25FN2O3S. The molecule has 0 saturated carbocycles. The van der Waals surface area contributed by atoms with Crippen molar-refractivity contribution < 1.29 is 17.6 Å². The Morgan fingerprint density at radius 1 is 0.903 bits per heavy atom. The molecule has 0 aliphatic heterocycles. The summed E-state index contributed by atoms with van der Waals surface area (Å²) in [6.07, 6.45) is 0.593. The molecule has 0 aliphatic rings. The van der Waals surface area contributed by atoms with Crippen molar-refractivity contribution in [3.05, 3.63) is 96.3 Å². The first-order valence-electron chi connectivity index (χ1n) is 9.86. The average molecular weight is 441 g/mol. The van der Waals surface area contributed by atoms with Crippen LogP contribution in [0.1, 0.15) is 19.4 Å². The summed E-state index contributed by atoms with van der Waals surface area (Å²) in [5.41, 5.74) is 0.829. The standard InChI is InChI=1S/C24H25FN2O3S/c1-24(2,17-19-9-5-3-6-10-19)26-23(28)18-27(21-11-7-4-8-12-21)31(29,30)22-15-13-20(25)14-16-22/h3-16H,17-18H2,1-2H3,(H,26,28).